The van der Waals surface area contributed by atoms with Crippen LogP contribution in [0.4, 0.5) is 0 Å². The highest BCUT2D eigenvalue weighted by Crippen LogP contribution is 2.33. The van der Waals surface area contributed by atoms with Crippen LogP contribution in [0.1, 0.15) is 20.8 Å². The largest absolute Gasteiger partial charge is 0.274 e. The molecule has 0 spiro atoms. The first-order valence-electron chi connectivity index (χ1n) is 5.56. The number of sulfone groups is 1. The van der Waals surface area contributed by atoms with Gasteiger partial charge in [-0.2, -0.15) is 5.10 Å². The number of nitrogens with zero attached hydrogens (tertiary/aromatic N) is 2. The van der Waals surface area contributed by atoms with Crippen molar-refractivity contribution in [1.29, 1.82) is 0 Å². The van der Waals surface area contributed by atoms with Gasteiger partial charge in [0.2, 0.25) is 9.84 Å². The average Bonchev–Trinajstić information content (AvgIpc) is 2.77. The van der Waals surface area contributed by atoms with Crippen LogP contribution in [0.15, 0.2) is 23.4 Å². The molecule has 0 saturated heterocycles. The minimum Gasteiger partial charge on any atom is -0.274 e. The van der Waals surface area contributed by atoms with Gasteiger partial charge in [-0.3, -0.25) is 10.1 Å². The van der Waals surface area contributed by atoms with Crippen LogP contribution >= 0.6 is 11.6 Å². The molecule has 0 saturated carbocycles. The van der Waals surface area contributed by atoms with Gasteiger partial charge in [-0.05, 0) is 32.9 Å². The highest BCUT2D eigenvalue weighted by molar-refractivity contribution is 7.92. The summed E-state index contributed by atoms with van der Waals surface area (Å²) in [7, 11) is -3.60. The van der Waals surface area contributed by atoms with Crippen LogP contribution in [0, 0.1) is 6.20 Å². The molecule has 5 nitrogen and oxygen atoms in total. The van der Waals surface area contributed by atoms with Crippen molar-refractivity contribution in [2.24, 2.45) is 0 Å². The summed E-state index contributed by atoms with van der Waals surface area (Å²) in [6, 6.07) is 3.31. The van der Waals surface area contributed by atoms with Crippen LogP contribution in [0.3, 0.4) is 0 Å². The molecule has 1 radical (unpaired) electrons. The van der Waals surface area contributed by atoms with E-state index in [4.69, 9.17) is 11.6 Å². The van der Waals surface area contributed by atoms with E-state index in [1.807, 2.05) is 0 Å². The fraction of sp³-hybridized carbons (Fsp3) is 0.333. The lowest BCUT2D eigenvalue weighted by Crippen LogP contribution is -2.28. The number of halogens is 1. The molecule has 0 fully saturated rings. The van der Waals surface area contributed by atoms with E-state index in [0.29, 0.717) is 10.7 Å². The maximum absolute atomic E-state index is 12.4. The zero-order valence-electron chi connectivity index (χ0n) is 10.7. The normalized spacial score (nSPS) is 12.6. The van der Waals surface area contributed by atoms with Crippen molar-refractivity contribution in [3.05, 3.63) is 29.5 Å². The Morgan fingerprint density at radius 3 is 2.63 bits per heavy atom. The Hall–Kier alpha value is -1.40. The van der Waals surface area contributed by atoms with Crippen molar-refractivity contribution in [3.8, 4) is 11.3 Å². The highest BCUT2D eigenvalue weighted by atomic mass is 35.5. The molecule has 7 heteroatoms. The number of pyridine rings is 1. The first kappa shape index (κ1) is 14.0. The lowest BCUT2D eigenvalue weighted by molar-refractivity contribution is 0.556. The van der Waals surface area contributed by atoms with Crippen molar-refractivity contribution < 1.29 is 8.42 Å². The highest BCUT2D eigenvalue weighted by Gasteiger charge is 2.35. The molecule has 0 aliphatic carbocycles. The number of aromatic amines is 1. The Bertz CT molecular complexity index is 702. The summed E-state index contributed by atoms with van der Waals surface area (Å²) in [4.78, 5) is 4.09. The van der Waals surface area contributed by atoms with Crippen LogP contribution in [0.25, 0.3) is 11.3 Å². The lowest BCUT2D eigenvalue weighted by Gasteiger charge is -2.18. The Labute approximate surface area is 116 Å². The summed E-state index contributed by atoms with van der Waals surface area (Å²) in [5, 5.41) is 6.52. The predicted octanol–water partition coefficient (Wildman–Crippen LogP) is 2.50. The molecule has 0 amide bonds. The Morgan fingerprint density at radius 1 is 1.37 bits per heavy atom. The van der Waals surface area contributed by atoms with Gasteiger partial charge >= 0.3 is 0 Å². The van der Waals surface area contributed by atoms with Crippen molar-refractivity contribution in [3.63, 3.8) is 0 Å². The summed E-state index contributed by atoms with van der Waals surface area (Å²) in [5.74, 6) is 0. The van der Waals surface area contributed by atoms with Crippen LogP contribution < -0.4 is 0 Å². The monoisotopic (exact) mass is 298 g/mol. The first-order chi connectivity index (χ1) is 8.75. The minimum atomic E-state index is -3.60. The standard InChI is InChI=1S/C12H13ClN3O2S/c1-12(2,3)19(17,18)11-8(7-15-16-11)10-9(13)5-4-6-14-10/h4-6H,1-3H3,(H,15,16). The quantitative estimate of drug-likeness (QED) is 0.924. The molecule has 0 unspecified atom stereocenters. The molecule has 0 aliphatic heterocycles. The summed E-state index contributed by atoms with van der Waals surface area (Å²) < 4.78 is 23.9. The van der Waals surface area contributed by atoms with Crippen LogP contribution in [-0.2, 0) is 9.84 Å². The van der Waals surface area contributed by atoms with Gasteiger partial charge in [-0.25, -0.2) is 8.42 Å². The molecule has 0 atom stereocenters. The number of hydrogen-bond acceptors (Lipinski definition) is 4. The lowest BCUT2D eigenvalue weighted by atomic mass is 10.2. The summed E-state index contributed by atoms with van der Waals surface area (Å²) in [5.41, 5.74) is 0.612. The Kier molecular flexibility index (Phi) is 3.40. The van der Waals surface area contributed by atoms with E-state index in [-0.39, 0.29) is 10.6 Å². The fourth-order valence-electron chi connectivity index (χ4n) is 1.46. The minimum absolute atomic E-state index is 0.0828. The van der Waals surface area contributed by atoms with E-state index in [0.717, 1.165) is 0 Å². The molecular weight excluding hydrogens is 286 g/mol. The van der Waals surface area contributed by atoms with Gasteiger partial charge in [-0.15, -0.1) is 0 Å². The van der Waals surface area contributed by atoms with E-state index in [1.54, 1.807) is 32.9 Å². The van der Waals surface area contributed by atoms with E-state index in [2.05, 4.69) is 21.4 Å². The first-order valence-corrected chi connectivity index (χ1v) is 7.43. The maximum atomic E-state index is 12.4. The topological polar surface area (TPSA) is 75.7 Å². The number of hydrogen-bond donors (Lipinski definition) is 1. The number of aromatic nitrogens is 3. The van der Waals surface area contributed by atoms with E-state index in [9.17, 15) is 8.42 Å². The predicted molar refractivity (Wildman–Crippen MR) is 72.6 cm³/mol. The third kappa shape index (κ3) is 2.37. The van der Waals surface area contributed by atoms with Crippen molar-refractivity contribution >= 4 is 21.4 Å². The molecule has 101 valence electrons. The van der Waals surface area contributed by atoms with Gasteiger partial charge in [0.1, 0.15) is 0 Å². The van der Waals surface area contributed by atoms with Crippen molar-refractivity contribution in [2.45, 2.75) is 30.5 Å². The van der Waals surface area contributed by atoms with Gasteiger partial charge in [0.25, 0.3) is 0 Å². The second kappa shape index (κ2) is 4.61. The van der Waals surface area contributed by atoms with Gasteiger partial charge in [0.15, 0.2) is 5.03 Å². The summed E-state index contributed by atoms with van der Waals surface area (Å²) >= 11 is 6.03. The average molecular weight is 299 g/mol. The molecule has 0 bridgehead atoms. The van der Waals surface area contributed by atoms with E-state index < -0.39 is 14.6 Å². The SMILES string of the molecule is CC(C)(C)S(=O)(=O)c1n[nH][c]c1-c1ncccc1Cl. The zero-order chi connectivity index (χ0) is 14.3. The third-order valence-corrected chi connectivity index (χ3v) is 5.33. The molecule has 0 aromatic carbocycles. The van der Waals surface area contributed by atoms with Gasteiger partial charge in [-0.1, -0.05) is 11.6 Å². The molecule has 2 aromatic rings. The molecular formula is C12H13ClN3O2S. The summed E-state index contributed by atoms with van der Waals surface area (Å²) in [6.07, 6.45) is 4.22. The van der Waals surface area contributed by atoms with Gasteiger partial charge in [0, 0.05) is 6.20 Å². The number of H-pyrrole nitrogens is 1. The third-order valence-electron chi connectivity index (χ3n) is 2.61. The smallest absolute Gasteiger partial charge is 0.203 e. The fourth-order valence-corrected chi connectivity index (χ4v) is 2.84. The molecule has 2 aromatic heterocycles. The Morgan fingerprint density at radius 2 is 2.05 bits per heavy atom. The molecule has 2 heterocycles. The zero-order valence-corrected chi connectivity index (χ0v) is 12.3. The second-order valence-corrected chi connectivity index (χ2v) is 8.00. The van der Waals surface area contributed by atoms with Crippen molar-refractivity contribution in [1.82, 2.24) is 15.2 Å². The molecule has 0 aliphatic rings. The van der Waals surface area contributed by atoms with E-state index in [1.165, 1.54) is 6.20 Å². The Balaban J connectivity index is 2.67. The van der Waals surface area contributed by atoms with Gasteiger partial charge < -0.3 is 0 Å². The number of nitrogens with one attached hydrogen (secondary N) is 1. The van der Waals surface area contributed by atoms with Crippen LogP contribution in [0.5, 0.6) is 0 Å². The molecule has 1 N–H and O–H groups in total. The number of rotatable bonds is 2. The second-order valence-electron chi connectivity index (χ2n) is 4.98. The van der Waals surface area contributed by atoms with Gasteiger partial charge in [0.05, 0.1) is 27.2 Å². The van der Waals surface area contributed by atoms with E-state index >= 15 is 0 Å². The van der Waals surface area contributed by atoms with Crippen molar-refractivity contribution in [2.75, 3.05) is 0 Å². The summed E-state index contributed by atoms with van der Waals surface area (Å²) in [6.45, 7) is 4.84. The maximum Gasteiger partial charge on any atom is 0.203 e. The molecule has 19 heavy (non-hydrogen) atoms. The van der Waals surface area contributed by atoms with Crippen LogP contribution in [0.2, 0.25) is 5.02 Å². The molecule has 2 rings (SSSR count). The van der Waals surface area contributed by atoms with Crippen LogP contribution in [-0.4, -0.2) is 28.3 Å².